The van der Waals surface area contributed by atoms with E-state index in [0.29, 0.717) is 19.1 Å². The van der Waals surface area contributed by atoms with Crippen molar-refractivity contribution in [2.75, 3.05) is 13.2 Å². The van der Waals surface area contributed by atoms with Gasteiger partial charge >= 0.3 is 0 Å². The van der Waals surface area contributed by atoms with E-state index in [2.05, 4.69) is 36.2 Å². The van der Waals surface area contributed by atoms with Crippen molar-refractivity contribution in [2.45, 2.75) is 34.1 Å². The first-order valence-electron chi connectivity index (χ1n) is 7.20. The third-order valence-electron chi connectivity index (χ3n) is 3.40. The molecule has 4 heteroatoms. The molecule has 112 valence electrons. The van der Waals surface area contributed by atoms with Crippen LogP contribution in [-0.4, -0.2) is 23.4 Å². The normalized spacial score (nSPS) is 10.5. The zero-order valence-electron chi connectivity index (χ0n) is 13.1. The predicted octanol–water partition coefficient (Wildman–Crippen LogP) is 3.56. The Labute approximate surface area is 126 Å². The minimum Gasteiger partial charge on any atom is -0.493 e. The first kappa shape index (κ1) is 15.3. The summed E-state index contributed by atoms with van der Waals surface area (Å²) >= 11 is 0. The number of ether oxygens (including phenoxy) is 2. The Morgan fingerprint density at radius 3 is 2.19 bits per heavy atom. The monoisotopic (exact) mass is 286 g/mol. The molecule has 1 heterocycles. The molecule has 4 nitrogen and oxygen atoms in total. The van der Waals surface area contributed by atoms with Gasteiger partial charge in [0.05, 0.1) is 18.9 Å². The van der Waals surface area contributed by atoms with Crippen LogP contribution < -0.4 is 9.47 Å². The smallest absolute Gasteiger partial charge is 0.233 e. The molecule has 0 N–H and O–H groups in total. The molecule has 1 aromatic carbocycles. The average Bonchev–Trinajstić information content (AvgIpc) is 2.45. The summed E-state index contributed by atoms with van der Waals surface area (Å²) in [5.74, 6) is 1.55. The van der Waals surface area contributed by atoms with E-state index in [9.17, 15) is 0 Å². The van der Waals surface area contributed by atoms with Crippen LogP contribution >= 0.6 is 0 Å². The third-order valence-corrected chi connectivity index (χ3v) is 3.40. The fourth-order valence-electron chi connectivity index (χ4n) is 2.03. The van der Waals surface area contributed by atoms with Crippen LogP contribution in [0.5, 0.6) is 11.6 Å². The second-order valence-corrected chi connectivity index (χ2v) is 5.22. The van der Waals surface area contributed by atoms with Crippen molar-refractivity contribution < 1.29 is 9.47 Å². The molecular weight excluding hydrogens is 264 g/mol. The van der Waals surface area contributed by atoms with Crippen LogP contribution in [-0.2, 0) is 0 Å². The molecule has 0 spiro atoms. The number of aryl methyl sites for hydroxylation is 4. The SMILES string of the molecule is Cc1cc(OCCCOc2c(C)cccc2C)nnc1C. The molecule has 0 fully saturated rings. The second kappa shape index (κ2) is 7.07. The van der Waals surface area contributed by atoms with Crippen LogP contribution in [0.2, 0.25) is 0 Å². The number of hydrogen-bond donors (Lipinski definition) is 0. The quantitative estimate of drug-likeness (QED) is 0.762. The molecule has 0 saturated heterocycles. The predicted molar refractivity (Wildman–Crippen MR) is 83.0 cm³/mol. The Morgan fingerprint density at radius 2 is 1.52 bits per heavy atom. The molecule has 2 aromatic rings. The van der Waals surface area contributed by atoms with Gasteiger partial charge < -0.3 is 9.47 Å². The highest BCUT2D eigenvalue weighted by Crippen LogP contribution is 2.22. The second-order valence-electron chi connectivity index (χ2n) is 5.22. The van der Waals surface area contributed by atoms with Crippen molar-refractivity contribution in [2.24, 2.45) is 0 Å². The van der Waals surface area contributed by atoms with Crippen LogP contribution in [0.15, 0.2) is 24.3 Å². The maximum atomic E-state index is 5.83. The fraction of sp³-hybridized carbons (Fsp3) is 0.412. The first-order chi connectivity index (χ1) is 10.1. The highest BCUT2D eigenvalue weighted by Gasteiger charge is 2.03. The minimum absolute atomic E-state index is 0.572. The maximum Gasteiger partial charge on any atom is 0.233 e. The summed E-state index contributed by atoms with van der Waals surface area (Å²) in [7, 11) is 0. The van der Waals surface area contributed by atoms with Gasteiger partial charge in [-0.3, -0.25) is 0 Å². The summed E-state index contributed by atoms with van der Waals surface area (Å²) < 4.78 is 11.4. The average molecular weight is 286 g/mol. The van der Waals surface area contributed by atoms with Crippen molar-refractivity contribution in [1.29, 1.82) is 0 Å². The largest absolute Gasteiger partial charge is 0.493 e. The molecule has 0 atom stereocenters. The summed E-state index contributed by atoms with van der Waals surface area (Å²) in [5.41, 5.74) is 4.35. The molecule has 0 aliphatic heterocycles. The van der Waals surface area contributed by atoms with E-state index in [1.54, 1.807) is 0 Å². The summed E-state index contributed by atoms with van der Waals surface area (Å²) in [6.45, 7) is 9.25. The number of rotatable bonds is 6. The van der Waals surface area contributed by atoms with E-state index in [0.717, 1.165) is 34.6 Å². The number of aromatic nitrogens is 2. The lowest BCUT2D eigenvalue weighted by Crippen LogP contribution is -2.07. The van der Waals surface area contributed by atoms with E-state index in [-0.39, 0.29) is 0 Å². The first-order valence-corrected chi connectivity index (χ1v) is 7.20. The van der Waals surface area contributed by atoms with Crippen LogP contribution in [0, 0.1) is 27.7 Å². The van der Waals surface area contributed by atoms with Crippen LogP contribution in [0.3, 0.4) is 0 Å². The van der Waals surface area contributed by atoms with Crippen molar-refractivity contribution in [3.05, 3.63) is 46.6 Å². The van der Waals surface area contributed by atoms with Gasteiger partial charge in [0.25, 0.3) is 0 Å². The van der Waals surface area contributed by atoms with E-state index in [1.165, 1.54) is 0 Å². The Morgan fingerprint density at radius 1 is 0.857 bits per heavy atom. The molecule has 0 amide bonds. The molecule has 0 radical (unpaired) electrons. The Balaban J connectivity index is 1.76. The lowest BCUT2D eigenvalue weighted by atomic mass is 10.1. The lowest BCUT2D eigenvalue weighted by Gasteiger charge is -2.12. The molecule has 21 heavy (non-hydrogen) atoms. The van der Waals surface area contributed by atoms with Crippen LogP contribution in [0.4, 0.5) is 0 Å². The van der Waals surface area contributed by atoms with Gasteiger partial charge in [-0.1, -0.05) is 18.2 Å². The van der Waals surface area contributed by atoms with Crippen LogP contribution in [0.1, 0.15) is 28.8 Å². The van der Waals surface area contributed by atoms with Crippen molar-refractivity contribution >= 4 is 0 Å². The van der Waals surface area contributed by atoms with Crippen molar-refractivity contribution in [3.8, 4) is 11.6 Å². The molecule has 1 aromatic heterocycles. The number of hydrogen-bond acceptors (Lipinski definition) is 4. The van der Waals surface area contributed by atoms with Crippen molar-refractivity contribution in [3.63, 3.8) is 0 Å². The summed E-state index contributed by atoms with van der Waals surface area (Å²) in [4.78, 5) is 0. The van der Waals surface area contributed by atoms with Gasteiger partial charge in [0, 0.05) is 12.5 Å². The minimum atomic E-state index is 0.572. The highest BCUT2D eigenvalue weighted by molar-refractivity contribution is 5.39. The van der Waals surface area contributed by atoms with Gasteiger partial charge in [-0.2, -0.15) is 5.10 Å². The summed E-state index contributed by atoms with van der Waals surface area (Å²) in [6, 6.07) is 8.07. The highest BCUT2D eigenvalue weighted by atomic mass is 16.5. The molecule has 0 saturated carbocycles. The standard InChI is InChI=1S/C17H22N2O2/c1-12-7-5-8-13(2)17(12)21-10-6-9-20-16-11-14(3)15(4)18-19-16/h5,7-8,11H,6,9-10H2,1-4H3. The zero-order valence-corrected chi connectivity index (χ0v) is 13.1. The molecular formula is C17H22N2O2. The van der Waals surface area contributed by atoms with Gasteiger partial charge in [-0.15, -0.1) is 5.10 Å². The Kier molecular flexibility index (Phi) is 5.14. The van der Waals surface area contributed by atoms with Gasteiger partial charge in [-0.25, -0.2) is 0 Å². The molecule has 0 aliphatic carbocycles. The van der Waals surface area contributed by atoms with Crippen molar-refractivity contribution in [1.82, 2.24) is 10.2 Å². The lowest BCUT2D eigenvalue weighted by molar-refractivity contribution is 0.239. The molecule has 2 rings (SSSR count). The summed E-state index contributed by atoms with van der Waals surface area (Å²) in [5, 5.41) is 8.05. The van der Waals surface area contributed by atoms with Gasteiger partial charge in [0.2, 0.25) is 5.88 Å². The molecule has 0 bridgehead atoms. The van der Waals surface area contributed by atoms with E-state index < -0.39 is 0 Å². The van der Waals surface area contributed by atoms with Gasteiger partial charge in [0.15, 0.2) is 0 Å². The summed E-state index contributed by atoms with van der Waals surface area (Å²) in [6.07, 6.45) is 0.808. The van der Waals surface area contributed by atoms with Crippen LogP contribution in [0.25, 0.3) is 0 Å². The topological polar surface area (TPSA) is 44.2 Å². The number of benzene rings is 1. The number of para-hydroxylation sites is 1. The van der Waals surface area contributed by atoms with E-state index in [4.69, 9.17) is 9.47 Å². The van der Waals surface area contributed by atoms with E-state index in [1.807, 2.05) is 26.0 Å². The molecule has 0 unspecified atom stereocenters. The third kappa shape index (κ3) is 4.18. The van der Waals surface area contributed by atoms with Gasteiger partial charge in [0.1, 0.15) is 5.75 Å². The Hall–Kier alpha value is -2.10. The maximum absolute atomic E-state index is 5.83. The fourth-order valence-corrected chi connectivity index (χ4v) is 2.03. The van der Waals surface area contributed by atoms with Gasteiger partial charge in [-0.05, 0) is 44.4 Å². The molecule has 0 aliphatic rings. The zero-order chi connectivity index (χ0) is 15.2. The number of nitrogens with zero attached hydrogens (tertiary/aromatic N) is 2. The van der Waals surface area contributed by atoms with E-state index >= 15 is 0 Å². The Bertz CT molecular complexity index is 591.